The van der Waals surface area contributed by atoms with Crippen LogP contribution in [0.3, 0.4) is 0 Å². The molecule has 1 aromatic rings. The first kappa shape index (κ1) is 12.3. The average molecular weight is 248 g/mol. The Morgan fingerprint density at radius 2 is 2.31 bits per heavy atom. The monoisotopic (exact) mass is 247 g/mol. The minimum absolute atomic E-state index is 0.325. The van der Waals surface area contributed by atoms with Crippen LogP contribution in [0.4, 0.5) is 14.6 Å². The normalized spacial score (nSPS) is 10.2. The van der Waals surface area contributed by atoms with Gasteiger partial charge in [-0.05, 0) is 16.0 Å². The van der Waals surface area contributed by atoms with Gasteiger partial charge in [0.1, 0.15) is 11.4 Å². The largest absolute Gasteiger partial charge is 0.382 e. The molecule has 0 unspecified atom stereocenters. The zero-order valence-electron chi connectivity index (χ0n) is 7.65. The highest BCUT2D eigenvalue weighted by molar-refractivity contribution is 6.32. The van der Waals surface area contributed by atoms with E-state index in [1.54, 1.807) is 6.07 Å². The first-order valence-electron chi connectivity index (χ1n) is 3.96. The second-order valence-corrected chi connectivity index (χ2v) is 3.13. The first-order chi connectivity index (χ1) is 7.47. The van der Waals surface area contributed by atoms with Gasteiger partial charge < -0.3 is 10.1 Å². The van der Waals surface area contributed by atoms with E-state index in [0.717, 1.165) is 6.07 Å². The van der Waals surface area contributed by atoms with Gasteiger partial charge in [-0.15, -0.1) is 0 Å². The van der Waals surface area contributed by atoms with Crippen LogP contribution < -0.4 is 0 Å². The molecule has 0 N–H and O–H groups in total. The van der Waals surface area contributed by atoms with Gasteiger partial charge >= 0.3 is 5.82 Å². The third-order valence-corrected chi connectivity index (χ3v) is 2.00. The van der Waals surface area contributed by atoms with Gasteiger partial charge in [-0.2, -0.15) is 5.26 Å². The molecular formula is C8H4ClF2N3O2. The zero-order chi connectivity index (χ0) is 12.3. The van der Waals surface area contributed by atoms with Crippen molar-refractivity contribution >= 4 is 17.4 Å². The van der Waals surface area contributed by atoms with Crippen LogP contribution in [0.1, 0.15) is 17.7 Å². The summed E-state index contributed by atoms with van der Waals surface area (Å²) < 4.78 is 25.0. The van der Waals surface area contributed by atoms with Gasteiger partial charge in [0.15, 0.2) is 5.69 Å². The van der Waals surface area contributed by atoms with E-state index in [2.05, 4.69) is 4.98 Å². The van der Waals surface area contributed by atoms with Gasteiger partial charge in [0.25, 0.3) is 6.43 Å². The van der Waals surface area contributed by atoms with Crippen molar-refractivity contribution in [2.75, 3.05) is 0 Å². The van der Waals surface area contributed by atoms with E-state index in [-0.39, 0.29) is 5.69 Å². The molecule has 0 fully saturated rings. The van der Waals surface area contributed by atoms with Crippen molar-refractivity contribution in [2.45, 2.75) is 12.8 Å². The van der Waals surface area contributed by atoms with E-state index in [0.29, 0.717) is 0 Å². The number of nitrogens with zero attached hydrogens (tertiary/aromatic N) is 3. The highest BCUT2D eigenvalue weighted by Crippen LogP contribution is 2.30. The topological polar surface area (TPSA) is 79.8 Å². The number of hydrogen-bond acceptors (Lipinski definition) is 4. The zero-order valence-corrected chi connectivity index (χ0v) is 8.41. The van der Waals surface area contributed by atoms with E-state index in [1.165, 1.54) is 0 Å². The van der Waals surface area contributed by atoms with E-state index in [4.69, 9.17) is 16.9 Å². The van der Waals surface area contributed by atoms with Crippen LogP contribution in [-0.2, 0) is 6.42 Å². The Kier molecular flexibility index (Phi) is 3.68. The smallest absolute Gasteiger partial charge is 0.358 e. The molecule has 8 heteroatoms. The van der Waals surface area contributed by atoms with Gasteiger partial charge in [-0.1, -0.05) is 11.6 Å². The Labute approximate surface area is 93.4 Å². The summed E-state index contributed by atoms with van der Waals surface area (Å²) in [7, 11) is 0. The lowest BCUT2D eigenvalue weighted by Crippen LogP contribution is -2.02. The van der Waals surface area contributed by atoms with Crippen molar-refractivity contribution < 1.29 is 13.7 Å². The van der Waals surface area contributed by atoms with Gasteiger partial charge in [-0.25, -0.2) is 8.78 Å². The fourth-order valence-electron chi connectivity index (χ4n) is 1.06. The number of nitro groups is 1. The fourth-order valence-corrected chi connectivity index (χ4v) is 1.29. The molecule has 0 amide bonds. The molecule has 1 aromatic heterocycles. The van der Waals surface area contributed by atoms with Crippen LogP contribution in [0.5, 0.6) is 0 Å². The molecule has 1 rings (SSSR count). The number of hydrogen-bond donors (Lipinski definition) is 0. The Morgan fingerprint density at radius 1 is 1.69 bits per heavy atom. The summed E-state index contributed by atoms with van der Waals surface area (Å²) in [5.74, 6) is -0.726. The highest BCUT2D eigenvalue weighted by Gasteiger charge is 2.24. The molecule has 0 aliphatic carbocycles. The van der Waals surface area contributed by atoms with Crippen LogP contribution in [0.25, 0.3) is 0 Å². The third kappa shape index (κ3) is 2.41. The van der Waals surface area contributed by atoms with Crippen molar-refractivity contribution in [2.24, 2.45) is 0 Å². The fraction of sp³-hybridized carbons (Fsp3) is 0.250. The molecule has 0 saturated heterocycles. The number of rotatable bonds is 3. The lowest BCUT2D eigenvalue weighted by Gasteiger charge is -2.03. The van der Waals surface area contributed by atoms with Crippen LogP contribution in [0.2, 0.25) is 5.02 Å². The molecule has 1 heterocycles. The van der Waals surface area contributed by atoms with Crippen molar-refractivity contribution in [3.05, 3.63) is 32.5 Å². The SMILES string of the molecule is N#CCc1nc([N+](=O)[O-])c(Cl)cc1C(F)F. The van der Waals surface area contributed by atoms with E-state index >= 15 is 0 Å². The molecule has 0 saturated carbocycles. The minimum atomic E-state index is -2.88. The van der Waals surface area contributed by atoms with Crippen LogP contribution in [0, 0.1) is 21.4 Å². The first-order valence-corrected chi connectivity index (χ1v) is 4.34. The van der Waals surface area contributed by atoms with Crippen LogP contribution in [-0.4, -0.2) is 9.91 Å². The summed E-state index contributed by atoms with van der Waals surface area (Å²) in [6, 6.07) is 2.37. The molecular weight excluding hydrogens is 244 g/mol. The van der Waals surface area contributed by atoms with Gasteiger partial charge in [-0.3, -0.25) is 0 Å². The minimum Gasteiger partial charge on any atom is -0.358 e. The number of nitriles is 1. The molecule has 0 radical (unpaired) electrons. The number of halogens is 3. The summed E-state index contributed by atoms with van der Waals surface area (Å²) in [6.07, 6.45) is -3.31. The number of aromatic nitrogens is 1. The molecule has 5 nitrogen and oxygen atoms in total. The highest BCUT2D eigenvalue weighted by atomic mass is 35.5. The van der Waals surface area contributed by atoms with Crippen molar-refractivity contribution in [3.8, 4) is 6.07 Å². The Balaban J connectivity index is 3.38. The predicted octanol–water partition coefficient (Wildman–Crippen LogP) is 2.65. The lowest BCUT2D eigenvalue weighted by molar-refractivity contribution is -0.389. The maximum atomic E-state index is 12.5. The number of alkyl halides is 2. The second kappa shape index (κ2) is 4.81. The summed E-state index contributed by atoms with van der Waals surface area (Å²) in [6.45, 7) is 0. The maximum absolute atomic E-state index is 12.5. The van der Waals surface area contributed by atoms with E-state index in [1.807, 2.05) is 0 Å². The molecule has 16 heavy (non-hydrogen) atoms. The van der Waals surface area contributed by atoms with E-state index < -0.39 is 34.2 Å². The van der Waals surface area contributed by atoms with Crippen LogP contribution in [0.15, 0.2) is 6.07 Å². The lowest BCUT2D eigenvalue weighted by atomic mass is 10.1. The average Bonchev–Trinajstić information content (AvgIpc) is 2.19. The van der Waals surface area contributed by atoms with Crippen LogP contribution >= 0.6 is 11.6 Å². The molecule has 0 spiro atoms. The van der Waals surface area contributed by atoms with Crippen molar-refractivity contribution in [1.82, 2.24) is 4.98 Å². The molecule has 0 atom stereocenters. The molecule has 0 bridgehead atoms. The van der Waals surface area contributed by atoms with Gasteiger partial charge in [0, 0.05) is 0 Å². The summed E-state index contributed by atoms with van der Waals surface area (Å²) in [5, 5.41) is 18.4. The summed E-state index contributed by atoms with van der Waals surface area (Å²) in [5.41, 5.74) is -0.884. The van der Waals surface area contributed by atoms with Gasteiger partial charge in [0.05, 0.1) is 11.6 Å². The van der Waals surface area contributed by atoms with Crippen molar-refractivity contribution in [1.29, 1.82) is 5.26 Å². The Hall–Kier alpha value is -1.81. The molecule has 0 aromatic carbocycles. The third-order valence-electron chi connectivity index (χ3n) is 1.72. The van der Waals surface area contributed by atoms with Crippen molar-refractivity contribution in [3.63, 3.8) is 0 Å². The summed E-state index contributed by atoms with van der Waals surface area (Å²) in [4.78, 5) is 12.9. The standard InChI is InChI=1S/C8H4ClF2N3O2/c9-5-3-4(7(10)11)6(1-2-12)13-8(5)14(15)16/h3,7H,1H2. The molecule has 0 aliphatic heterocycles. The molecule has 0 aliphatic rings. The second-order valence-electron chi connectivity index (χ2n) is 2.72. The maximum Gasteiger partial charge on any atom is 0.382 e. The molecule has 84 valence electrons. The quantitative estimate of drug-likeness (QED) is 0.607. The van der Waals surface area contributed by atoms with Gasteiger partial charge in [0.2, 0.25) is 0 Å². The predicted molar refractivity (Wildman–Crippen MR) is 50.2 cm³/mol. The Bertz CT molecular complexity index is 473. The number of pyridine rings is 1. The summed E-state index contributed by atoms with van der Waals surface area (Å²) >= 11 is 5.42. The Morgan fingerprint density at radius 3 is 2.75 bits per heavy atom. The van der Waals surface area contributed by atoms with E-state index in [9.17, 15) is 18.9 Å².